The smallest absolute Gasteiger partial charge is 0.0632 e. The summed E-state index contributed by atoms with van der Waals surface area (Å²) in [5.74, 6) is 0. The number of rotatable bonds is 8. The Balaban J connectivity index is 0.000000163. The van der Waals surface area contributed by atoms with Gasteiger partial charge in [0.2, 0.25) is 0 Å². The highest BCUT2D eigenvalue weighted by atomic mass is 15.0. The monoisotopic (exact) mass is 1660 g/mol. The van der Waals surface area contributed by atoms with Crippen LogP contribution in [0.5, 0.6) is 0 Å². The molecule has 0 aliphatic carbocycles. The first-order valence-corrected chi connectivity index (χ1v) is 44.2. The van der Waals surface area contributed by atoms with E-state index in [9.17, 15) is 0 Å². The molecule has 0 aliphatic rings. The van der Waals surface area contributed by atoms with Crippen LogP contribution in [0.4, 0.5) is 0 Å². The Labute approximate surface area is 774 Å². The summed E-state index contributed by atoms with van der Waals surface area (Å²) in [6.45, 7) is 62.9. The van der Waals surface area contributed by atoms with Crippen molar-refractivity contribution in [1.82, 2.24) is 13.7 Å². The van der Waals surface area contributed by atoms with Gasteiger partial charge in [-0.05, 0) is 241 Å². The highest BCUT2D eigenvalue weighted by Gasteiger charge is 2.34. The maximum absolute atomic E-state index is 9.15. The van der Waals surface area contributed by atoms with Crippen LogP contribution in [-0.4, -0.2) is 13.7 Å². The molecule has 17 rings (SSSR count). The molecule has 0 amide bonds. The van der Waals surface area contributed by atoms with Gasteiger partial charge >= 0.3 is 0 Å². The first-order valence-electron chi connectivity index (χ1n) is 53.2. The van der Waals surface area contributed by atoms with Gasteiger partial charge < -0.3 is 13.7 Å². The van der Waals surface area contributed by atoms with Gasteiger partial charge in [0.1, 0.15) is 0 Å². The molecular weight excluding hydrogens is 1510 g/mol. The van der Waals surface area contributed by atoms with Crippen LogP contribution in [0.2, 0.25) is 0 Å². The van der Waals surface area contributed by atoms with E-state index in [-0.39, 0.29) is 151 Å². The zero-order valence-electron chi connectivity index (χ0n) is 97.2. The second-order valence-electron chi connectivity index (χ2n) is 43.5. The molecule has 0 aliphatic heterocycles. The highest BCUT2D eigenvalue weighted by molar-refractivity contribution is 6.21. The van der Waals surface area contributed by atoms with Gasteiger partial charge in [-0.25, -0.2) is 0 Å². The summed E-state index contributed by atoms with van der Waals surface area (Å²) in [4.78, 5) is 0. The van der Waals surface area contributed by atoms with Crippen LogP contribution in [-0.2, 0) is 48.7 Å². The Kier molecular flexibility index (Phi) is 17.6. The second kappa shape index (κ2) is 32.5. The zero-order chi connectivity index (χ0) is 106. The minimum atomic E-state index is -0.612. The maximum atomic E-state index is 9.15. The van der Waals surface area contributed by atoms with Gasteiger partial charge in [-0.1, -0.05) is 416 Å². The van der Waals surface area contributed by atoms with Gasteiger partial charge in [0.05, 0.1) is 57.8 Å². The van der Waals surface area contributed by atoms with E-state index in [2.05, 4.69) is 322 Å². The second-order valence-corrected chi connectivity index (χ2v) is 43.5. The molecule has 0 bridgehead atoms. The third-order valence-corrected chi connectivity index (χ3v) is 24.4. The Morgan fingerprint density at radius 2 is 0.488 bits per heavy atom. The number of hydrogen-bond donors (Lipinski definition) is 0. The molecule has 14 aromatic carbocycles. The van der Waals surface area contributed by atoms with Gasteiger partial charge in [-0.15, -0.1) is 0 Å². The molecule has 0 N–H and O–H groups in total. The molecule has 0 saturated carbocycles. The molecule has 3 nitrogen and oxygen atoms in total. The normalized spacial score (nSPS) is 14.9. The van der Waals surface area contributed by atoms with Crippen molar-refractivity contribution in [2.75, 3.05) is 0 Å². The summed E-state index contributed by atoms with van der Waals surface area (Å²) >= 11 is 0. The summed E-state index contributed by atoms with van der Waals surface area (Å²) in [6, 6.07) is 59.4. The van der Waals surface area contributed by atoms with Crippen molar-refractivity contribution in [2.24, 2.45) is 0 Å². The molecule has 0 spiro atoms. The third kappa shape index (κ3) is 17.5. The average Bonchev–Trinajstić information content (AvgIpc) is 1.57. The molecule has 3 heterocycles. The van der Waals surface area contributed by atoms with Crippen LogP contribution >= 0.6 is 0 Å². The number of aromatic nitrogens is 3. The SMILES string of the molecule is [2H]c1c([2H])c(C)c([2H])c(-c2cccc3c2c2c(C(C)(C)C)cccc2n3-c2cc(C(C)(C)C)cc(C(C)(C)C)c2)c1[2H].[2H]c1c([2H])c([2H])c(-c2cccc3c2c2c(C(C)(C)C)c(-c4c([2H])c([2H])c([2H])c(C)c4[2H])ccc2n3-c2cc(C(C)(C)C)cc(C(C)(C)C)c2)c([2H])c1[2H].[2H]c1c([2H])c([2H])c(-c2cccc3c2c2c(C(C)(C)C)c(-c4ccccc4)ccc2n3-c2cc(C(C)(C)C)cc(C(C)(C)C)c2)c([2H])c1[2H]. The molecular formula is C122H135N3. The summed E-state index contributed by atoms with van der Waals surface area (Å²) in [5.41, 5.74) is 23.8. The lowest BCUT2D eigenvalue weighted by Gasteiger charge is -2.27. The summed E-state index contributed by atoms with van der Waals surface area (Å²) < 4.78 is 164. The number of benzene rings is 14. The fourth-order valence-electron chi connectivity index (χ4n) is 17.8. The third-order valence-electron chi connectivity index (χ3n) is 24.4. The number of nitrogens with zero attached hydrogens (tertiary/aromatic N) is 3. The van der Waals surface area contributed by atoms with Gasteiger partial charge in [-0.3, -0.25) is 0 Å². The first-order chi connectivity index (χ1) is 66.0. The van der Waals surface area contributed by atoms with Crippen LogP contribution in [0.15, 0.2) is 291 Å². The predicted molar refractivity (Wildman–Crippen MR) is 547 cm³/mol. The molecule has 0 atom stereocenters. The van der Waals surface area contributed by atoms with E-state index in [4.69, 9.17) is 24.7 Å². The minimum absolute atomic E-state index is 0.0168. The molecule has 3 aromatic heterocycles. The van der Waals surface area contributed by atoms with Crippen LogP contribution in [0.1, 0.15) is 273 Å². The predicted octanol–water partition coefficient (Wildman–Crippen LogP) is 35.0. The lowest BCUT2D eigenvalue weighted by molar-refractivity contribution is 0.567. The maximum Gasteiger partial charge on any atom is 0.0632 e. The van der Waals surface area contributed by atoms with Crippen LogP contribution in [0, 0.1) is 13.8 Å². The highest BCUT2D eigenvalue weighted by Crippen LogP contribution is 2.52. The number of fused-ring (bicyclic) bond motifs is 9. The van der Waals surface area contributed by atoms with Gasteiger partial charge in [-0.2, -0.15) is 0 Å². The fraction of sp³-hybridized carbons (Fsp3) is 0.311. The topological polar surface area (TPSA) is 14.8 Å². The molecule has 0 fully saturated rings. The van der Waals surface area contributed by atoms with E-state index in [1.54, 1.807) is 19.9 Å². The van der Waals surface area contributed by atoms with Crippen molar-refractivity contribution >= 4 is 65.4 Å². The Bertz CT molecular complexity index is 7880. The summed E-state index contributed by atoms with van der Waals surface area (Å²) in [7, 11) is 0. The zero-order valence-corrected chi connectivity index (χ0v) is 79.2. The average molecular weight is 1660 g/mol. The Morgan fingerprint density at radius 3 is 0.808 bits per heavy atom. The molecule has 3 heteroatoms. The van der Waals surface area contributed by atoms with Gasteiger partial charge in [0, 0.05) is 49.4 Å². The minimum Gasteiger partial charge on any atom is -0.309 e. The lowest BCUT2D eigenvalue weighted by Crippen LogP contribution is -2.17. The van der Waals surface area contributed by atoms with E-state index in [1.165, 1.54) is 27.8 Å². The molecule has 638 valence electrons. The summed E-state index contributed by atoms with van der Waals surface area (Å²) in [6.07, 6.45) is 0. The molecule has 0 unspecified atom stereocenters. The molecule has 17 aromatic rings. The van der Waals surface area contributed by atoms with Gasteiger partial charge in [0.25, 0.3) is 0 Å². The van der Waals surface area contributed by atoms with Crippen molar-refractivity contribution in [3.63, 3.8) is 0 Å². The molecule has 0 saturated heterocycles. The van der Waals surface area contributed by atoms with Crippen molar-refractivity contribution < 1.29 is 24.7 Å². The van der Waals surface area contributed by atoms with Crippen LogP contribution in [0.25, 0.3) is 138 Å². The fourth-order valence-corrected chi connectivity index (χ4v) is 17.8. The van der Waals surface area contributed by atoms with E-state index in [1.807, 2.05) is 54.6 Å². The Morgan fingerprint density at radius 1 is 0.208 bits per heavy atom. The van der Waals surface area contributed by atoms with E-state index in [0.29, 0.717) is 38.8 Å². The quantitative estimate of drug-likeness (QED) is 0.144. The number of hydrogen-bond acceptors (Lipinski definition) is 0. The standard InChI is InChI=1S/C43H47N.C42H45N.C37H43N/c1-28-16-14-19-30(24-28)35-22-23-37-39(40(35)43(8,9)10)38-34(29-17-12-11-13-18-29)20-15-21-36(38)44(37)33-26-31(41(2,3)4)25-32(27-33)42(5,6)7;1-40(2,3)30-25-31(41(4,5)6)27-32(26-30)43-35-22-16-21-33(28-17-12-10-13-18-28)37(35)38-36(43)24-23-34(39(38)42(7,8)9)29-19-14-11-15-20-29;1-24-14-11-15-25(20-24)29-16-12-18-31-33(29)34-30(37(8,9)10)17-13-19-32(34)38(31)28-22-26(35(2,3)4)21-27(23-28)36(5,6)7/h11-27H,1-10H3;10-27H,1-9H3;11-23H,1-10H3/i11D,12D,13D,14D,16D,17D,18D,19D,24D;10D,12D,13D,17D,18D;11D,14D,15D,20D. The molecule has 0 radical (unpaired) electrons. The van der Waals surface area contributed by atoms with Crippen molar-refractivity contribution in [1.29, 1.82) is 0 Å². The van der Waals surface area contributed by atoms with E-state index >= 15 is 0 Å². The van der Waals surface area contributed by atoms with Crippen LogP contribution < -0.4 is 0 Å². The van der Waals surface area contributed by atoms with Crippen molar-refractivity contribution in [2.45, 2.75) is 250 Å². The van der Waals surface area contributed by atoms with Crippen molar-refractivity contribution in [3.8, 4) is 72.7 Å². The summed E-state index contributed by atoms with van der Waals surface area (Å²) in [5, 5.41) is 5.45. The first kappa shape index (κ1) is 67.8. The molecule has 125 heavy (non-hydrogen) atoms. The van der Waals surface area contributed by atoms with E-state index in [0.717, 1.165) is 116 Å². The Hall–Kier alpha value is -11.5. The largest absolute Gasteiger partial charge is 0.309 e. The van der Waals surface area contributed by atoms with Crippen LogP contribution in [0.3, 0.4) is 0 Å². The van der Waals surface area contributed by atoms with E-state index < -0.39 is 23.5 Å². The lowest BCUT2D eigenvalue weighted by atomic mass is 9.78. The van der Waals surface area contributed by atoms with Crippen molar-refractivity contribution in [3.05, 3.63) is 352 Å². The van der Waals surface area contributed by atoms with Gasteiger partial charge in [0.15, 0.2) is 0 Å².